The summed E-state index contributed by atoms with van der Waals surface area (Å²) in [6.07, 6.45) is -1.78. The SMILES string of the molecule is O=C1OCCN1P(=O)(O)N1CCOC1=O.O=P(O)(Cl)N(c1ccccc1)c1ccccc1. The Labute approximate surface area is 188 Å². The van der Waals surface area contributed by atoms with Crippen LogP contribution in [0.3, 0.4) is 0 Å². The van der Waals surface area contributed by atoms with Crippen molar-refractivity contribution in [3.63, 3.8) is 0 Å². The molecule has 0 radical (unpaired) electrons. The van der Waals surface area contributed by atoms with E-state index in [1.54, 1.807) is 48.5 Å². The summed E-state index contributed by atoms with van der Waals surface area (Å²) in [5, 5.41) is 0. The molecule has 2 aliphatic heterocycles. The monoisotopic (exact) mass is 503 g/mol. The molecule has 172 valence electrons. The van der Waals surface area contributed by atoms with E-state index in [-0.39, 0.29) is 26.3 Å². The third-order valence-electron chi connectivity index (χ3n) is 4.36. The smallest absolute Gasteiger partial charge is 0.418 e. The van der Waals surface area contributed by atoms with Gasteiger partial charge in [0.05, 0.1) is 24.5 Å². The van der Waals surface area contributed by atoms with Crippen LogP contribution in [0.5, 0.6) is 0 Å². The highest BCUT2D eigenvalue weighted by molar-refractivity contribution is 7.86. The molecule has 1 atom stereocenters. The largest absolute Gasteiger partial charge is 0.447 e. The highest BCUT2D eigenvalue weighted by Gasteiger charge is 2.47. The minimum atomic E-state index is -4.18. The molecule has 2 amide bonds. The maximum atomic E-state index is 11.8. The second kappa shape index (κ2) is 9.94. The van der Waals surface area contributed by atoms with Crippen molar-refractivity contribution >= 4 is 49.3 Å². The van der Waals surface area contributed by atoms with Crippen molar-refractivity contribution in [2.45, 2.75) is 0 Å². The van der Waals surface area contributed by atoms with Crippen molar-refractivity contribution in [3.8, 4) is 0 Å². The molecule has 0 aliphatic carbocycles. The molecule has 2 N–H and O–H groups in total. The zero-order chi connectivity index (χ0) is 23.4. The van der Waals surface area contributed by atoms with Gasteiger partial charge in [0, 0.05) is 0 Å². The zero-order valence-corrected chi connectivity index (χ0v) is 19.1. The first-order valence-electron chi connectivity index (χ1n) is 9.28. The number of rotatable bonds is 5. The lowest BCUT2D eigenvalue weighted by atomic mass is 10.3. The van der Waals surface area contributed by atoms with E-state index in [1.165, 1.54) is 4.67 Å². The first-order chi connectivity index (χ1) is 15.1. The summed E-state index contributed by atoms with van der Waals surface area (Å²) in [6, 6.07) is 17.8. The summed E-state index contributed by atoms with van der Waals surface area (Å²) in [7, 11) is -4.18. The number of para-hydroxylation sites is 2. The second-order valence-electron chi connectivity index (χ2n) is 6.44. The molecule has 0 saturated carbocycles. The van der Waals surface area contributed by atoms with Crippen molar-refractivity contribution in [1.29, 1.82) is 0 Å². The van der Waals surface area contributed by atoms with Gasteiger partial charge in [0.1, 0.15) is 13.2 Å². The van der Waals surface area contributed by atoms with E-state index < -0.39 is 26.7 Å². The van der Waals surface area contributed by atoms with Gasteiger partial charge in [-0.05, 0) is 35.5 Å². The first-order valence-corrected chi connectivity index (χ1v) is 13.4. The molecule has 11 nitrogen and oxygen atoms in total. The molecule has 32 heavy (non-hydrogen) atoms. The van der Waals surface area contributed by atoms with Crippen LogP contribution in [0.4, 0.5) is 21.0 Å². The Kier molecular flexibility index (Phi) is 7.48. The Morgan fingerprint density at radius 1 is 0.781 bits per heavy atom. The third-order valence-corrected chi connectivity index (χ3v) is 7.75. The van der Waals surface area contributed by atoms with E-state index in [9.17, 15) is 28.5 Å². The minimum absolute atomic E-state index is 0.00358. The number of ether oxygens (including phenoxy) is 2. The maximum Gasteiger partial charge on any atom is 0.418 e. The number of halogens is 1. The van der Waals surface area contributed by atoms with E-state index in [1.807, 2.05) is 12.1 Å². The summed E-state index contributed by atoms with van der Waals surface area (Å²) >= 11 is 5.61. The number of cyclic esters (lactones) is 2. The quantitative estimate of drug-likeness (QED) is 0.576. The number of carbonyl (C=O) groups is 2. The van der Waals surface area contributed by atoms with Crippen LogP contribution in [0, 0.1) is 0 Å². The van der Waals surface area contributed by atoms with Crippen LogP contribution in [0.1, 0.15) is 0 Å². The Bertz CT molecular complexity index is 983. The van der Waals surface area contributed by atoms with Crippen molar-refractivity contribution < 1.29 is 38.0 Å². The molecule has 4 rings (SSSR count). The number of hydrogen-bond donors (Lipinski definition) is 2. The van der Waals surface area contributed by atoms with Crippen LogP contribution >= 0.6 is 25.8 Å². The Hall–Kier alpha value is -2.55. The van der Waals surface area contributed by atoms with Crippen molar-refractivity contribution in [2.24, 2.45) is 0 Å². The predicted molar refractivity (Wildman–Crippen MR) is 117 cm³/mol. The number of carbonyl (C=O) groups excluding carboxylic acids is 2. The van der Waals surface area contributed by atoms with Gasteiger partial charge in [0.15, 0.2) is 0 Å². The van der Waals surface area contributed by atoms with Gasteiger partial charge in [-0.15, -0.1) is 0 Å². The normalized spacial score (nSPS) is 17.7. The summed E-state index contributed by atoms with van der Waals surface area (Å²) in [5.41, 5.74) is 1.17. The average Bonchev–Trinajstić information content (AvgIpc) is 3.38. The standard InChI is InChI=1S/C12H11ClNO2P.C6H9N2O6P/c13-17(15,16)14(11-7-3-1-4-8-11)12-9-5-2-6-10-12;9-5-7(1-3-13-5)15(11,12)8-2-4-14-6(8)10/h1-10H,(H,15,16);1-4H2,(H,11,12). The highest BCUT2D eigenvalue weighted by atomic mass is 35.7. The van der Waals surface area contributed by atoms with Crippen molar-refractivity contribution in [3.05, 3.63) is 60.7 Å². The minimum Gasteiger partial charge on any atom is -0.447 e. The molecular formula is C18H20ClN3O8P2. The highest BCUT2D eigenvalue weighted by Crippen LogP contribution is 2.56. The van der Waals surface area contributed by atoms with Crippen molar-refractivity contribution in [1.82, 2.24) is 9.34 Å². The molecule has 0 aromatic heterocycles. The number of hydrogen-bond acceptors (Lipinski definition) is 6. The van der Waals surface area contributed by atoms with E-state index in [0.717, 1.165) is 0 Å². The zero-order valence-electron chi connectivity index (χ0n) is 16.6. The first kappa shape index (κ1) is 24.1. The summed E-state index contributed by atoms with van der Waals surface area (Å²) in [6.45, 7) is -3.83. The van der Waals surface area contributed by atoms with E-state index in [0.29, 0.717) is 20.7 Å². The summed E-state index contributed by atoms with van der Waals surface area (Å²) < 4.78 is 35.2. The van der Waals surface area contributed by atoms with E-state index >= 15 is 0 Å². The van der Waals surface area contributed by atoms with E-state index in [4.69, 9.17) is 11.2 Å². The van der Waals surface area contributed by atoms with Crippen molar-refractivity contribution in [2.75, 3.05) is 31.0 Å². The van der Waals surface area contributed by atoms with Gasteiger partial charge in [-0.2, -0.15) is 0 Å². The molecular weight excluding hydrogens is 484 g/mol. The molecule has 2 fully saturated rings. The van der Waals surface area contributed by atoms with Gasteiger partial charge in [-0.3, -0.25) is 4.67 Å². The van der Waals surface area contributed by atoms with Gasteiger partial charge < -0.3 is 19.3 Å². The van der Waals surface area contributed by atoms with E-state index in [2.05, 4.69) is 9.47 Å². The van der Waals surface area contributed by atoms with Crippen LogP contribution in [0.25, 0.3) is 0 Å². The number of amides is 2. The molecule has 0 spiro atoms. The topological polar surface area (TPSA) is 137 Å². The Balaban J connectivity index is 0.000000182. The second-order valence-corrected chi connectivity index (χ2v) is 11.1. The third kappa shape index (κ3) is 5.43. The van der Waals surface area contributed by atoms with Crippen LogP contribution in [0.2, 0.25) is 0 Å². The van der Waals surface area contributed by atoms with Gasteiger partial charge >= 0.3 is 26.7 Å². The Morgan fingerprint density at radius 2 is 1.16 bits per heavy atom. The molecule has 1 unspecified atom stereocenters. The molecule has 2 saturated heterocycles. The van der Waals surface area contributed by atoms with Crippen LogP contribution in [-0.2, 0) is 18.6 Å². The lowest BCUT2D eigenvalue weighted by molar-refractivity contribution is 0.161. The lowest BCUT2D eigenvalue weighted by Gasteiger charge is -2.25. The van der Waals surface area contributed by atoms with Gasteiger partial charge in [0.25, 0.3) is 0 Å². The molecule has 0 bridgehead atoms. The van der Waals surface area contributed by atoms with Gasteiger partial charge in [-0.25, -0.2) is 28.1 Å². The average molecular weight is 504 g/mol. The van der Waals surface area contributed by atoms with Gasteiger partial charge in [0.2, 0.25) is 0 Å². The molecule has 2 aromatic carbocycles. The van der Waals surface area contributed by atoms with Gasteiger partial charge in [-0.1, -0.05) is 36.4 Å². The summed E-state index contributed by atoms with van der Waals surface area (Å²) in [4.78, 5) is 41.4. The maximum absolute atomic E-state index is 11.8. The fourth-order valence-electron chi connectivity index (χ4n) is 2.95. The lowest BCUT2D eigenvalue weighted by Crippen LogP contribution is -2.32. The molecule has 2 heterocycles. The Morgan fingerprint density at radius 3 is 1.44 bits per heavy atom. The summed E-state index contributed by atoms with van der Waals surface area (Å²) in [5.74, 6) is 0. The fourth-order valence-corrected chi connectivity index (χ4v) is 5.79. The fraction of sp³-hybridized carbons (Fsp3) is 0.222. The predicted octanol–water partition coefficient (Wildman–Crippen LogP) is 4.16. The number of benzene rings is 2. The molecule has 2 aromatic rings. The molecule has 2 aliphatic rings. The molecule has 14 heteroatoms. The van der Waals surface area contributed by atoms with Crippen LogP contribution < -0.4 is 4.67 Å². The number of anilines is 2. The van der Waals surface area contributed by atoms with Crippen LogP contribution in [0.15, 0.2) is 60.7 Å². The number of nitrogens with zero attached hydrogens (tertiary/aromatic N) is 3. The van der Waals surface area contributed by atoms with Crippen LogP contribution in [-0.4, -0.2) is 57.6 Å².